The SMILES string of the molecule is CC.CC.CC.CC.CC.CC.CC.CC(C)(C)c1ccnc2c(C(C)(C)C)cccc12.CC(C)(C)c1ccnc2c(C(C)(C)C)cccc12.CC(C)c1cccc2c1ccc[n+]2C(C)C.CC(C)c1cccc2c1ccn[n+]2C(C)C.CC(C)c1cccc2c1cnc[n+]2C(C)C.CC(C)c1cccc2c1ncc[n+]2C(C)C.CC(C)c1ccnc2c1ccc[n+]2C(C)C. The van der Waals surface area contributed by atoms with Crippen molar-refractivity contribution in [3.8, 4) is 0 Å². The second kappa shape index (κ2) is 57.4. The Balaban J connectivity index is 0.000000741. The van der Waals surface area contributed by atoms with Gasteiger partial charge in [0, 0.05) is 52.8 Å². The van der Waals surface area contributed by atoms with Gasteiger partial charge in [-0.25, -0.2) is 14.1 Å². The highest BCUT2D eigenvalue weighted by molar-refractivity contribution is 5.88. The number of pyridine rings is 5. The third-order valence-corrected chi connectivity index (χ3v) is 21.6. The number of fused-ring (bicyclic) bond motifs is 7. The second-order valence-electron chi connectivity index (χ2n) is 38.3. The van der Waals surface area contributed by atoms with Crippen molar-refractivity contribution >= 4 is 76.6 Å². The van der Waals surface area contributed by atoms with Gasteiger partial charge in [-0.05, 0) is 229 Å². The molecule has 11 nitrogen and oxygen atoms in total. The van der Waals surface area contributed by atoms with Crippen molar-refractivity contribution in [3.63, 3.8) is 0 Å². The molecule has 14 rings (SSSR count). The summed E-state index contributed by atoms with van der Waals surface area (Å²) in [4.78, 5) is 22.6. The zero-order valence-corrected chi connectivity index (χ0v) is 91.0. The third-order valence-electron chi connectivity index (χ3n) is 21.6. The summed E-state index contributed by atoms with van der Waals surface area (Å²) in [5.41, 5.74) is 22.4. The number of para-hydroxylation sites is 3. The van der Waals surface area contributed by atoms with E-state index >= 15 is 0 Å². The number of aromatic nitrogens is 11. The predicted molar refractivity (Wildman–Crippen MR) is 572 cm³/mol. The van der Waals surface area contributed by atoms with Gasteiger partial charge in [-0.3, -0.25) is 9.97 Å². The Hall–Kier alpha value is -9.87. The Morgan fingerprint density at radius 3 is 0.954 bits per heavy atom. The summed E-state index contributed by atoms with van der Waals surface area (Å²) in [6, 6.07) is 58.5. The molecule has 130 heavy (non-hydrogen) atoms. The highest BCUT2D eigenvalue weighted by Gasteiger charge is 2.27. The van der Waals surface area contributed by atoms with Gasteiger partial charge in [-0.15, -0.1) is 0 Å². The van der Waals surface area contributed by atoms with Crippen molar-refractivity contribution < 1.29 is 23.0 Å². The molecule has 0 saturated heterocycles. The predicted octanol–water partition coefficient (Wildman–Crippen LogP) is 33.6. The maximum absolute atomic E-state index is 4.62. The van der Waals surface area contributed by atoms with Crippen molar-refractivity contribution in [3.05, 3.63) is 270 Å². The molecule has 0 N–H and O–H groups in total. The molecule has 0 aliphatic rings. The Kier molecular flexibility index (Phi) is 52.2. The molecule has 14 aromatic rings. The van der Waals surface area contributed by atoms with E-state index in [1.807, 2.05) is 140 Å². The van der Waals surface area contributed by atoms with Crippen molar-refractivity contribution in [1.29, 1.82) is 0 Å². The summed E-state index contributed by atoms with van der Waals surface area (Å²) in [7, 11) is 0. The zero-order valence-electron chi connectivity index (χ0n) is 91.0. The Morgan fingerprint density at radius 2 is 0.554 bits per heavy atom. The van der Waals surface area contributed by atoms with E-state index in [1.54, 1.807) is 0 Å². The fourth-order valence-corrected chi connectivity index (χ4v) is 15.5. The highest BCUT2D eigenvalue weighted by atomic mass is 15.3. The van der Waals surface area contributed by atoms with E-state index in [2.05, 4.69) is 451 Å². The van der Waals surface area contributed by atoms with Gasteiger partial charge in [0.15, 0.2) is 36.7 Å². The van der Waals surface area contributed by atoms with Crippen LogP contribution in [0, 0.1) is 0 Å². The molecule has 0 bridgehead atoms. The lowest BCUT2D eigenvalue weighted by Gasteiger charge is -2.25. The molecule has 0 atom stereocenters. The van der Waals surface area contributed by atoms with Gasteiger partial charge in [0.2, 0.25) is 16.6 Å². The van der Waals surface area contributed by atoms with E-state index in [4.69, 9.17) is 0 Å². The van der Waals surface area contributed by atoms with Gasteiger partial charge in [0.05, 0.1) is 57.9 Å². The summed E-state index contributed by atoms with van der Waals surface area (Å²) in [5, 5.41) is 12.2. The van der Waals surface area contributed by atoms with Gasteiger partial charge >= 0.3 is 5.65 Å². The lowest BCUT2D eigenvalue weighted by molar-refractivity contribution is -0.747. The summed E-state index contributed by atoms with van der Waals surface area (Å²) < 4.78 is 11.1. The molecule has 11 heteroatoms. The molecule has 0 aliphatic carbocycles. The minimum Gasteiger partial charge on any atom is -0.256 e. The monoisotopic (exact) mass is 1770 g/mol. The van der Waals surface area contributed by atoms with Crippen LogP contribution >= 0.6 is 0 Å². The van der Waals surface area contributed by atoms with Crippen molar-refractivity contribution in [2.45, 2.75) is 400 Å². The molecule has 0 aliphatic heterocycles. The number of hydrogen-bond donors (Lipinski definition) is 0. The number of benzene rings is 6. The quantitative estimate of drug-likeness (QED) is 0.127. The van der Waals surface area contributed by atoms with Crippen molar-refractivity contribution in [1.82, 2.24) is 30.0 Å². The third kappa shape index (κ3) is 32.8. The first kappa shape index (κ1) is 118. The van der Waals surface area contributed by atoms with Crippen LogP contribution in [0.2, 0.25) is 0 Å². The summed E-state index contributed by atoms with van der Waals surface area (Å²) in [5.74, 6) is 2.71. The Morgan fingerprint density at radius 1 is 0.231 bits per heavy atom. The Labute approximate surface area is 794 Å². The largest absolute Gasteiger partial charge is 0.330 e. The van der Waals surface area contributed by atoms with Crippen LogP contribution in [0.25, 0.3) is 76.6 Å². The van der Waals surface area contributed by atoms with Crippen LogP contribution in [-0.2, 0) is 21.7 Å². The average molecular weight is 1770 g/mol. The fourth-order valence-electron chi connectivity index (χ4n) is 15.5. The van der Waals surface area contributed by atoms with Gasteiger partial charge in [-0.2, -0.15) is 9.13 Å². The standard InChI is InChI=1S/2C17H23N.C15H20N.4C14H19N2.7C2H6/c2*1-16(2,3)13-10-11-18-15-12(13)8-7-9-14(15)17(4,5)6;1-11(2)13-7-5-9-15-14(13)8-6-10-16(15)12(3)4;1-10(2)12-7-8-15-14-13(12)6-5-9-16(14)11(3)4;1-10(2)12-6-5-7-14-13(12)8-15-9-16(14)11(3)4;1-10(2)12-6-5-7-14-13(12)8-9-15-16(14)11(3)4;1-10(2)12-6-5-7-13-14(12)15-8-9-16(13)11(3)4;7*1-2/h2*7-11H,1-6H3;5-12H,1-4H3;4*5-11H,1-4H3;7*1-2H3/q;;5*+1;;;;;;;. The van der Waals surface area contributed by atoms with Gasteiger partial charge in [0.1, 0.15) is 17.2 Å². The minimum absolute atomic E-state index is 0.128. The maximum Gasteiger partial charge on any atom is 0.330 e. The van der Waals surface area contributed by atoms with E-state index < -0.39 is 0 Å². The van der Waals surface area contributed by atoms with Crippen molar-refractivity contribution in [2.75, 3.05) is 0 Å². The lowest BCUT2D eigenvalue weighted by Crippen LogP contribution is -2.40. The van der Waals surface area contributed by atoms with E-state index in [0.717, 1.165) is 22.2 Å². The Bertz CT molecular complexity index is 4580. The zero-order chi connectivity index (χ0) is 99.6. The van der Waals surface area contributed by atoms with Gasteiger partial charge in [-0.1, -0.05) is 344 Å². The second-order valence-corrected chi connectivity index (χ2v) is 38.3. The first-order chi connectivity index (χ1) is 61.5. The molecule has 6 aromatic carbocycles. The van der Waals surface area contributed by atoms with Crippen LogP contribution in [-0.4, -0.2) is 30.0 Å². The van der Waals surface area contributed by atoms with Crippen LogP contribution in [0.4, 0.5) is 0 Å². The summed E-state index contributed by atoms with van der Waals surface area (Å²) in [6.45, 7) is 99.2. The molecule has 0 amide bonds. The van der Waals surface area contributed by atoms with E-state index in [0.29, 0.717) is 59.8 Å². The minimum atomic E-state index is 0.128. The van der Waals surface area contributed by atoms with E-state index in [1.165, 1.54) is 104 Å². The van der Waals surface area contributed by atoms with Crippen LogP contribution < -0.4 is 23.0 Å². The smallest absolute Gasteiger partial charge is 0.256 e. The van der Waals surface area contributed by atoms with Gasteiger partial charge < -0.3 is 0 Å². The van der Waals surface area contributed by atoms with Crippen LogP contribution in [0.15, 0.2) is 220 Å². The average Bonchev–Trinajstić information content (AvgIpc) is 0.765. The molecular weight excluding hydrogens is 1580 g/mol. The van der Waals surface area contributed by atoms with E-state index in [-0.39, 0.29) is 21.7 Å². The summed E-state index contributed by atoms with van der Waals surface area (Å²) in [6.07, 6.45) is 19.8. The molecule has 0 spiro atoms. The molecule has 0 radical (unpaired) electrons. The van der Waals surface area contributed by atoms with Crippen LogP contribution in [0.3, 0.4) is 0 Å². The topological polar surface area (TPSA) is 96.7 Å². The van der Waals surface area contributed by atoms with Gasteiger partial charge in [0.25, 0.3) is 6.33 Å². The van der Waals surface area contributed by atoms with Crippen LogP contribution in [0.1, 0.15) is 428 Å². The summed E-state index contributed by atoms with van der Waals surface area (Å²) >= 11 is 0. The molecule has 0 fully saturated rings. The molecule has 8 aromatic heterocycles. The number of rotatable bonds is 10. The molecule has 710 valence electrons. The van der Waals surface area contributed by atoms with Crippen LogP contribution in [0.5, 0.6) is 0 Å². The molecule has 0 saturated carbocycles. The van der Waals surface area contributed by atoms with E-state index in [9.17, 15) is 0 Å². The lowest BCUT2D eigenvalue weighted by atomic mass is 9.81. The highest BCUT2D eigenvalue weighted by Crippen LogP contribution is 2.37. The number of nitrogens with zero attached hydrogens (tertiary/aromatic N) is 11. The molecule has 0 unspecified atom stereocenters. The van der Waals surface area contributed by atoms with Crippen molar-refractivity contribution in [2.24, 2.45) is 0 Å². The first-order valence-electron chi connectivity index (χ1n) is 49.8. The number of hydrogen-bond acceptors (Lipinski definition) is 6. The first-order valence-corrected chi connectivity index (χ1v) is 49.8. The molecular formula is C119H184N11+5. The fraction of sp³-hybridized carbons (Fsp3) is 0.504. The normalized spacial score (nSPS) is 11.1. The molecule has 8 heterocycles. The maximum atomic E-state index is 4.62.